The molecule has 1 aliphatic rings. The summed E-state index contributed by atoms with van der Waals surface area (Å²) in [6, 6.07) is 1.82. The number of halogens is 1. The molecule has 0 radical (unpaired) electrons. The van der Waals surface area contributed by atoms with Crippen molar-refractivity contribution in [1.82, 2.24) is 4.90 Å². The fraction of sp³-hybridized carbons (Fsp3) is 0.429. The summed E-state index contributed by atoms with van der Waals surface area (Å²) in [5.74, 6) is 0. The zero-order valence-electron chi connectivity index (χ0n) is 11.1. The molecule has 4 N–H and O–H groups in total. The second kappa shape index (κ2) is 6.45. The van der Waals surface area contributed by atoms with E-state index >= 15 is 0 Å². The number of allylic oxidation sites excluding steroid dienone is 1. The van der Waals surface area contributed by atoms with Crippen LogP contribution in [0.1, 0.15) is 12.0 Å². The van der Waals surface area contributed by atoms with Crippen LogP contribution in [-0.2, 0) is 5.54 Å². The summed E-state index contributed by atoms with van der Waals surface area (Å²) in [4.78, 5) is 1.84. The Morgan fingerprint density at radius 3 is 2.55 bits per heavy atom. The van der Waals surface area contributed by atoms with Crippen LogP contribution in [-0.4, -0.2) is 41.4 Å². The molecule has 1 aliphatic carbocycles. The molecule has 2 rings (SSSR count). The maximum Gasteiger partial charge on any atom is 0.0956 e. The quantitative estimate of drug-likeness (QED) is 0.733. The average molecular weight is 299 g/mol. The number of nitrogens with zero attached hydrogens (tertiary/aromatic N) is 1. The summed E-state index contributed by atoms with van der Waals surface area (Å²) in [6.07, 6.45) is 7.48. The van der Waals surface area contributed by atoms with Crippen molar-refractivity contribution < 1.29 is 14.6 Å². The number of nitrogens with two attached hydrogens (primary N) is 1. The molecule has 0 aromatic carbocycles. The van der Waals surface area contributed by atoms with E-state index in [4.69, 9.17) is 32.0 Å². The highest BCUT2D eigenvalue weighted by Gasteiger charge is 2.30. The zero-order valence-corrected chi connectivity index (χ0v) is 11.9. The lowest BCUT2D eigenvalue weighted by atomic mass is 9.85. The van der Waals surface area contributed by atoms with Gasteiger partial charge in [0.25, 0.3) is 0 Å². The number of hydrogen-bond acceptors (Lipinski definition) is 5. The van der Waals surface area contributed by atoms with E-state index in [9.17, 15) is 0 Å². The first-order chi connectivity index (χ1) is 9.60. The van der Waals surface area contributed by atoms with Crippen molar-refractivity contribution in [3.8, 4) is 0 Å². The molecule has 1 unspecified atom stereocenters. The fourth-order valence-electron chi connectivity index (χ4n) is 2.33. The average Bonchev–Trinajstić information content (AvgIpc) is 2.93. The van der Waals surface area contributed by atoms with Gasteiger partial charge in [-0.2, -0.15) is 0 Å². The van der Waals surface area contributed by atoms with Gasteiger partial charge in [-0.1, -0.05) is 17.7 Å². The molecule has 5 nitrogen and oxygen atoms in total. The van der Waals surface area contributed by atoms with Gasteiger partial charge in [0.2, 0.25) is 0 Å². The van der Waals surface area contributed by atoms with Crippen molar-refractivity contribution >= 4 is 11.6 Å². The predicted molar refractivity (Wildman–Crippen MR) is 77.0 cm³/mol. The molecule has 1 aromatic rings. The van der Waals surface area contributed by atoms with Gasteiger partial charge in [0.1, 0.15) is 0 Å². The molecule has 0 bridgehead atoms. The number of aliphatic hydroxyl groups excluding tert-OH is 2. The summed E-state index contributed by atoms with van der Waals surface area (Å²) >= 11 is 6.33. The normalized spacial score (nSPS) is 22.4. The number of hydrogen-bond donors (Lipinski definition) is 3. The van der Waals surface area contributed by atoms with Crippen molar-refractivity contribution in [1.29, 1.82) is 0 Å². The maximum absolute atomic E-state index is 9.08. The molecule has 1 heterocycles. The van der Waals surface area contributed by atoms with Gasteiger partial charge in [-0.25, -0.2) is 0 Å². The highest BCUT2D eigenvalue weighted by Crippen LogP contribution is 2.35. The molecule has 20 heavy (non-hydrogen) atoms. The molecular weight excluding hydrogens is 280 g/mol. The van der Waals surface area contributed by atoms with Crippen LogP contribution in [0.25, 0.3) is 0 Å². The fourth-order valence-corrected chi connectivity index (χ4v) is 2.72. The number of aliphatic hydroxyl groups is 2. The maximum atomic E-state index is 9.08. The number of rotatable bonds is 6. The molecule has 6 heteroatoms. The Kier molecular flexibility index (Phi) is 4.88. The lowest BCUT2D eigenvalue weighted by Crippen LogP contribution is -2.38. The first-order valence-electron chi connectivity index (χ1n) is 6.48. The van der Waals surface area contributed by atoms with Gasteiger partial charge in [-0.05, 0) is 18.6 Å². The standard InChI is InChI=1S/C14H19ClN2O3/c15-12-9-14(16,11-2-8-20-10-11)3-1-13(12)17(4-6-18)5-7-19/h1-2,8-10,18-19H,3-7,16H2. The van der Waals surface area contributed by atoms with E-state index in [1.54, 1.807) is 18.6 Å². The van der Waals surface area contributed by atoms with E-state index in [1.165, 1.54) is 0 Å². The summed E-state index contributed by atoms with van der Waals surface area (Å²) in [5.41, 5.74) is 7.31. The molecule has 0 amide bonds. The summed E-state index contributed by atoms with van der Waals surface area (Å²) in [6.45, 7) is 0.827. The second-order valence-electron chi connectivity index (χ2n) is 4.77. The topological polar surface area (TPSA) is 82.9 Å². The largest absolute Gasteiger partial charge is 0.472 e. The van der Waals surface area contributed by atoms with Crippen LogP contribution in [0, 0.1) is 0 Å². The lowest BCUT2D eigenvalue weighted by molar-refractivity contribution is 0.190. The minimum atomic E-state index is -0.683. The van der Waals surface area contributed by atoms with Crippen LogP contribution in [0.2, 0.25) is 0 Å². The Morgan fingerprint density at radius 2 is 2.05 bits per heavy atom. The molecule has 1 atom stereocenters. The molecule has 0 aliphatic heterocycles. The van der Waals surface area contributed by atoms with Crippen molar-refractivity contribution in [3.05, 3.63) is 47.0 Å². The Hall–Kier alpha value is -1.27. The Labute approximate surface area is 122 Å². The summed E-state index contributed by atoms with van der Waals surface area (Å²) < 4.78 is 5.07. The van der Waals surface area contributed by atoms with Gasteiger partial charge in [-0.15, -0.1) is 0 Å². The Balaban J connectivity index is 2.21. The lowest BCUT2D eigenvalue weighted by Gasteiger charge is -2.33. The minimum Gasteiger partial charge on any atom is -0.472 e. The Morgan fingerprint density at radius 1 is 1.35 bits per heavy atom. The third-order valence-corrected chi connectivity index (χ3v) is 3.70. The summed E-state index contributed by atoms with van der Waals surface area (Å²) in [7, 11) is 0. The van der Waals surface area contributed by atoms with Crippen molar-refractivity contribution in [2.75, 3.05) is 26.3 Å². The molecular formula is C14H19ClN2O3. The second-order valence-corrected chi connectivity index (χ2v) is 5.18. The van der Waals surface area contributed by atoms with Gasteiger partial charge >= 0.3 is 0 Å². The SMILES string of the molecule is NC1(c2ccoc2)C=C(Cl)C(N(CCO)CCO)=CC1. The van der Waals surface area contributed by atoms with Crippen molar-refractivity contribution in [2.24, 2.45) is 5.73 Å². The minimum absolute atomic E-state index is 0.00297. The zero-order chi connectivity index (χ0) is 14.6. The van der Waals surface area contributed by atoms with Crippen LogP contribution >= 0.6 is 11.6 Å². The number of furan rings is 1. The smallest absolute Gasteiger partial charge is 0.0956 e. The van der Waals surface area contributed by atoms with Gasteiger partial charge in [0.15, 0.2) is 0 Å². The molecule has 0 saturated carbocycles. The van der Waals surface area contributed by atoms with E-state index < -0.39 is 5.54 Å². The first-order valence-corrected chi connectivity index (χ1v) is 6.85. The van der Waals surface area contributed by atoms with Crippen LogP contribution in [0.5, 0.6) is 0 Å². The molecule has 0 saturated heterocycles. The van der Waals surface area contributed by atoms with E-state index in [0.717, 1.165) is 11.3 Å². The predicted octanol–water partition coefficient (Wildman–Crippen LogP) is 1.13. The van der Waals surface area contributed by atoms with Gasteiger partial charge in [-0.3, -0.25) is 0 Å². The van der Waals surface area contributed by atoms with Gasteiger partial charge in [0, 0.05) is 18.7 Å². The monoisotopic (exact) mass is 298 g/mol. The third-order valence-electron chi connectivity index (χ3n) is 3.40. The summed E-state index contributed by atoms with van der Waals surface area (Å²) in [5, 5.41) is 18.7. The molecule has 1 aromatic heterocycles. The third kappa shape index (κ3) is 3.07. The molecule has 0 fully saturated rings. The van der Waals surface area contributed by atoms with E-state index in [2.05, 4.69) is 0 Å². The Bertz CT molecular complexity index is 493. The van der Waals surface area contributed by atoms with Crippen molar-refractivity contribution in [3.63, 3.8) is 0 Å². The van der Waals surface area contributed by atoms with Gasteiger partial charge < -0.3 is 25.3 Å². The van der Waals surface area contributed by atoms with Crippen LogP contribution in [0.15, 0.2) is 45.9 Å². The highest BCUT2D eigenvalue weighted by molar-refractivity contribution is 6.32. The van der Waals surface area contributed by atoms with Crippen LogP contribution < -0.4 is 5.73 Å². The van der Waals surface area contributed by atoms with Crippen LogP contribution in [0.4, 0.5) is 0 Å². The van der Waals surface area contributed by atoms with E-state index in [-0.39, 0.29) is 13.2 Å². The molecule has 110 valence electrons. The van der Waals surface area contributed by atoms with Crippen LogP contribution in [0.3, 0.4) is 0 Å². The molecule has 0 spiro atoms. The highest BCUT2D eigenvalue weighted by atomic mass is 35.5. The van der Waals surface area contributed by atoms with E-state index in [1.807, 2.05) is 17.0 Å². The van der Waals surface area contributed by atoms with Crippen molar-refractivity contribution in [2.45, 2.75) is 12.0 Å². The van der Waals surface area contributed by atoms with Gasteiger partial charge in [0.05, 0.1) is 42.0 Å². The first kappa shape index (κ1) is 15.1. The van der Waals surface area contributed by atoms with E-state index in [0.29, 0.717) is 24.5 Å².